The van der Waals surface area contributed by atoms with Crippen molar-refractivity contribution in [3.05, 3.63) is 115 Å². The minimum atomic E-state index is -2.28. The van der Waals surface area contributed by atoms with E-state index in [1.54, 1.807) is 117 Å². The highest BCUT2D eigenvalue weighted by molar-refractivity contribution is 5.96. The average Bonchev–Trinajstić information content (AvgIpc) is 1.91. The van der Waals surface area contributed by atoms with E-state index in [1.807, 2.05) is 19.9 Å². The lowest BCUT2D eigenvalue weighted by Gasteiger charge is -2.47. The first-order chi connectivity index (χ1) is 40.4. The predicted molar refractivity (Wildman–Crippen MR) is 315 cm³/mol. The molecule has 1 aromatic rings. The number of cyclic esters (lactones) is 1. The molecule has 3 saturated heterocycles. The van der Waals surface area contributed by atoms with Gasteiger partial charge in [-0.25, -0.2) is 0 Å². The van der Waals surface area contributed by atoms with Gasteiger partial charge >= 0.3 is 5.97 Å². The summed E-state index contributed by atoms with van der Waals surface area (Å²) in [5.41, 5.74) is 7.45. The van der Waals surface area contributed by atoms with Crippen molar-refractivity contribution in [1.82, 2.24) is 4.90 Å². The highest BCUT2D eigenvalue weighted by atomic mass is 16.7. The maximum atomic E-state index is 14.2. The molecule has 4 heterocycles. The molecule has 22 heteroatoms. The molecule has 4 aliphatic heterocycles. The number of fused-ring (bicyclic) bond motifs is 2. The molecule has 0 radical (unpaired) electrons. The fourth-order valence-electron chi connectivity index (χ4n) is 11.1. The Morgan fingerprint density at radius 1 is 0.729 bits per heavy atom. The molecular weight excluding hydrogens is 1100 g/mol. The number of amides is 1. The summed E-state index contributed by atoms with van der Waals surface area (Å²) in [5, 5.41) is 114. The van der Waals surface area contributed by atoms with Crippen LogP contribution < -0.4 is 11.1 Å². The zero-order valence-corrected chi connectivity index (χ0v) is 49.3. The summed E-state index contributed by atoms with van der Waals surface area (Å²) in [5.74, 6) is -6.32. The summed E-state index contributed by atoms with van der Waals surface area (Å²) >= 11 is 0. The first-order valence-electron chi connectivity index (χ1n) is 29.6. The van der Waals surface area contributed by atoms with E-state index in [0.717, 1.165) is 5.69 Å². The molecule has 474 valence electrons. The van der Waals surface area contributed by atoms with Gasteiger partial charge in [-0.2, -0.15) is 0 Å². The van der Waals surface area contributed by atoms with E-state index in [9.17, 15) is 70.2 Å². The fraction of sp³-hybridized carbons (Fsp3) is 0.619. The van der Waals surface area contributed by atoms with Crippen molar-refractivity contribution in [2.75, 3.05) is 38.7 Å². The number of aliphatic hydroxyl groups is 10. The molecule has 0 aliphatic carbocycles. The highest BCUT2D eigenvalue weighted by Gasteiger charge is 2.52. The lowest BCUT2D eigenvalue weighted by atomic mass is 9.81. The van der Waals surface area contributed by atoms with Gasteiger partial charge in [0.25, 0.3) is 0 Å². The normalized spacial score (nSPS) is 37.6. The lowest BCUT2D eigenvalue weighted by molar-refractivity contribution is -0.308. The van der Waals surface area contributed by atoms with Crippen LogP contribution in [0.5, 0.6) is 0 Å². The molecule has 1 amide bonds. The molecule has 5 rings (SSSR count). The summed E-state index contributed by atoms with van der Waals surface area (Å²) in [4.78, 5) is 55.1. The number of nitrogens with zero attached hydrogens (tertiary/aromatic N) is 1. The van der Waals surface area contributed by atoms with E-state index in [2.05, 4.69) is 5.32 Å². The van der Waals surface area contributed by atoms with Crippen molar-refractivity contribution in [2.45, 2.75) is 195 Å². The van der Waals surface area contributed by atoms with Crippen LogP contribution in [0.2, 0.25) is 0 Å². The minimum absolute atomic E-state index is 0.102. The summed E-state index contributed by atoms with van der Waals surface area (Å²) in [6, 6.07) is 5.78. The molecule has 0 saturated carbocycles. The number of esters is 1. The van der Waals surface area contributed by atoms with Crippen LogP contribution in [-0.2, 0) is 38.1 Å². The standard InChI is InChI=1S/C63H93N3O19/c1-39-17-15-13-11-9-7-5-6-8-10-12-14-16-18-51(83-62-59(78)57(64)58(77)41(3)82-62)36-54-56(61(79)66-25-27-81-28-26-66)53(75)38-63(80,85-54)37-50(73)33-48(71)31-46(69)29-45(68)30-47(70)32-49(72)35-55(76)84-60(39)40(2)19-24-44(67)34-52(74)42-20-22-43(65-4)23-21-42/h5-18,20-23,39-41,44-46,48-51,53-54,56-60,62,65,67-69,71-73,75,77-78,80H,19,24-38,64H2,1-4H3/b6-5+,9-7+,10-8+,13-11+,14-12+,17-15+,18-16+. The van der Waals surface area contributed by atoms with Crippen molar-refractivity contribution in [1.29, 1.82) is 0 Å². The summed E-state index contributed by atoms with van der Waals surface area (Å²) in [7, 11) is 1.77. The number of anilines is 1. The Labute approximate surface area is 498 Å². The fourth-order valence-corrected chi connectivity index (χ4v) is 11.1. The van der Waals surface area contributed by atoms with Crippen LogP contribution in [0.4, 0.5) is 5.69 Å². The van der Waals surface area contributed by atoms with Crippen LogP contribution in [0.15, 0.2) is 109 Å². The third kappa shape index (κ3) is 23.8. The number of carbonyl (C=O) groups excluding carboxylic acids is 4. The Balaban J connectivity index is 1.35. The Morgan fingerprint density at radius 2 is 1.29 bits per heavy atom. The number of ketones is 2. The van der Waals surface area contributed by atoms with Crippen molar-refractivity contribution >= 4 is 29.1 Å². The minimum Gasteiger partial charge on any atom is -0.461 e. The van der Waals surface area contributed by atoms with Crippen LogP contribution in [0.25, 0.3) is 0 Å². The molecule has 1 aromatic carbocycles. The SMILES string of the molecule is CNc1ccc(C(=O)CC(O)CCC(C)C2OC(=O)CC(O)CC(=O)CC(O)CC(O)CC(O)CC(O)CC3(O)CC(O)C(C(=O)N4CCOCC4)C(CC(OC4OC(C)C(O)C(N)C4O)/C=C/C=C/C=C/C=C/C=C/C=C/C=C/C2C)O3)cc1. The van der Waals surface area contributed by atoms with Gasteiger partial charge < -0.3 is 90.7 Å². The molecule has 19 atom stereocenters. The van der Waals surface area contributed by atoms with Crippen molar-refractivity contribution in [3.63, 3.8) is 0 Å². The quantitative estimate of drug-likeness (QED) is 0.112. The van der Waals surface area contributed by atoms with Crippen LogP contribution in [0.1, 0.15) is 108 Å². The Kier molecular flexibility index (Phi) is 29.6. The number of allylic oxidation sites excluding steroid dienone is 12. The number of nitrogens with one attached hydrogen (secondary N) is 1. The van der Waals surface area contributed by atoms with Crippen LogP contribution in [-0.4, -0.2) is 210 Å². The second kappa shape index (κ2) is 35.6. The maximum absolute atomic E-state index is 14.2. The third-order valence-electron chi connectivity index (χ3n) is 15.7. The topological polar surface area (TPSA) is 358 Å². The largest absolute Gasteiger partial charge is 0.461 e. The third-order valence-corrected chi connectivity index (χ3v) is 15.7. The molecule has 0 spiro atoms. The van der Waals surface area contributed by atoms with E-state index in [0.29, 0.717) is 12.0 Å². The first kappa shape index (κ1) is 70.6. The Bertz CT molecular complexity index is 2440. The predicted octanol–water partition coefficient (Wildman–Crippen LogP) is 2.52. The smallest absolute Gasteiger partial charge is 0.308 e. The molecule has 2 bridgehead atoms. The number of morpholine rings is 1. The summed E-state index contributed by atoms with van der Waals surface area (Å²) in [6.07, 6.45) is 3.42. The molecule has 4 aliphatic rings. The molecule has 0 aromatic heterocycles. The van der Waals surface area contributed by atoms with E-state index < -0.39 is 160 Å². The van der Waals surface area contributed by atoms with Crippen molar-refractivity contribution in [2.24, 2.45) is 23.5 Å². The maximum Gasteiger partial charge on any atom is 0.308 e. The number of nitrogens with two attached hydrogens (primary N) is 1. The van der Waals surface area contributed by atoms with Gasteiger partial charge in [0.05, 0.1) is 98.7 Å². The zero-order valence-electron chi connectivity index (χ0n) is 49.3. The van der Waals surface area contributed by atoms with Gasteiger partial charge in [0.1, 0.15) is 18.0 Å². The first-order valence-corrected chi connectivity index (χ1v) is 29.6. The summed E-state index contributed by atoms with van der Waals surface area (Å²) < 4.78 is 29.8. The van der Waals surface area contributed by atoms with Gasteiger partial charge in [0.2, 0.25) is 5.91 Å². The Hall–Kier alpha value is -5.12. The zero-order chi connectivity index (χ0) is 62.2. The number of Topliss-reactive ketones (excluding diaryl/α,β-unsaturated/α-hetero) is 2. The molecule has 22 nitrogen and oxygen atoms in total. The van der Waals surface area contributed by atoms with Gasteiger partial charge in [-0.3, -0.25) is 19.2 Å². The van der Waals surface area contributed by atoms with Crippen molar-refractivity contribution in [3.8, 4) is 0 Å². The monoisotopic (exact) mass is 1200 g/mol. The number of aliphatic hydroxyl groups excluding tert-OH is 9. The van der Waals surface area contributed by atoms with E-state index in [1.165, 1.54) is 4.90 Å². The lowest BCUT2D eigenvalue weighted by Crippen LogP contribution is -2.62. The number of hydrogen-bond acceptors (Lipinski definition) is 21. The second-order valence-corrected chi connectivity index (χ2v) is 23.0. The van der Waals surface area contributed by atoms with Gasteiger partial charge in [-0.15, -0.1) is 0 Å². The second-order valence-electron chi connectivity index (χ2n) is 23.0. The average molecular weight is 1200 g/mol. The van der Waals surface area contributed by atoms with Crippen LogP contribution in [0.3, 0.4) is 0 Å². The van der Waals surface area contributed by atoms with Crippen LogP contribution >= 0.6 is 0 Å². The molecule has 13 N–H and O–H groups in total. The van der Waals surface area contributed by atoms with Gasteiger partial charge in [0.15, 0.2) is 17.9 Å². The van der Waals surface area contributed by atoms with E-state index >= 15 is 0 Å². The number of benzene rings is 1. The molecule has 19 unspecified atom stereocenters. The Morgan fingerprint density at radius 3 is 1.91 bits per heavy atom. The number of ether oxygens (including phenoxy) is 5. The van der Waals surface area contributed by atoms with E-state index in [-0.39, 0.29) is 76.0 Å². The molecule has 3 fully saturated rings. The number of hydrogen-bond donors (Lipinski definition) is 12. The highest BCUT2D eigenvalue weighted by Crippen LogP contribution is 2.39. The van der Waals surface area contributed by atoms with Gasteiger partial charge in [0, 0.05) is 75.8 Å². The van der Waals surface area contributed by atoms with Gasteiger partial charge in [-0.05, 0) is 69.2 Å². The molecular formula is C63H93N3O19. The van der Waals surface area contributed by atoms with Gasteiger partial charge in [-0.1, -0.05) is 98.9 Å². The molecule has 85 heavy (non-hydrogen) atoms. The van der Waals surface area contributed by atoms with Crippen LogP contribution in [0, 0.1) is 17.8 Å². The van der Waals surface area contributed by atoms with E-state index in [4.69, 9.17) is 29.4 Å². The van der Waals surface area contributed by atoms with Crippen molar-refractivity contribution < 1.29 is 93.9 Å². The number of rotatable bonds is 11. The summed E-state index contributed by atoms with van der Waals surface area (Å²) in [6.45, 7) is 6.24. The number of carbonyl (C=O) groups is 4.